The molecule has 0 saturated carbocycles. The van der Waals surface area contributed by atoms with Gasteiger partial charge in [0.2, 0.25) is 15.9 Å². The van der Waals surface area contributed by atoms with E-state index in [0.717, 1.165) is 48.9 Å². The van der Waals surface area contributed by atoms with Crippen molar-refractivity contribution in [1.82, 2.24) is 14.9 Å². The number of nitro benzene ring substituents is 1. The van der Waals surface area contributed by atoms with Crippen LogP contribution >= 0.6 is 11.6 Å². The average molecular weight is 493 g/mol. The normalized spacial score (nSPS) is 15.6. The lowest BCUT2D eigenvalue weighted by Gasteiger charge is -2.27. The summed E-state index contributed by atoms with van der Waals surface area (Å²) in [5.74, 6) is -1.50. The fourth-order valence-electron chi connectivity index (χ4n) is 4.25. The van der Waals surface area contributed by atoms with Crippen LogP contribution in [0.5, 0.6) is 0 Å². The Morgan fingerprint density at radius 3 is 2.70 bits per heavy atom. The van der Waals surface area contributed by atoms with Gasteiger partial charge < -0.3 is 4.42 Å². The second kappa shape index (κ2) is 9.08. The zero-order chi connectivity index (χ0) is 23.8. The number of aromatic nitrogens is 2. The maximum Gasteiger partial charge on any atom is 0.434 e. The molecule has 0 fully saturated rings. The van der Waals surface area contributed by atoms with E-state index in [2.05, 4.69) is 21.0 Å². The van der Waals surface area contributed by atoms with Crippen LogP contribution < -0.4 is 10.5 Å². The number of hydrogen-bond donors (Lipinski definition) is 2. The molecule has 33 heavy (non-hydrogen) atoms. The van der Waals surface area contributed by atoms with E-state index in [-0.39, 0.29) is 10.9 Å². The molecule has 0 bridgehead atoms. The van der Waals surface area contributed by atoms with Gasteiger partial charge in [0.25, 0.3) is 5.69 Å². The van der Waals surface area contributed by atoms with E-state index in [9.17, 15) is 23.3 Å². The van der Waals surface area contributed by atoms with Crippen LogP contribution in [0.15, 0.2) is 50.5 Å². The third-order valence-corrected chi connectivity index (χ3v) is 7.56. The number of nitro groups is 1. The van der Waals surface area contributed by atoms with E-state index in [1.165, 1.54) is 11.6 Å². The van der Waals surface area contributed by atoms with Crippen molar-refractivity contribution in [3.8, 4) is 0 Å². The standard InChI is InChI=1S/C21H21ClN4O6S/c1-12(15-8-4-6-13-5-2-3-7-16(13)15)19(20-23-24-21(27)32-20)25-33(30,31)18-10-9-14(22)11-17(18)26(28)29/h4,6,8-12,19,25H,2-3,5,7H2,1H3,(H,24,27)/t12-,19+/m1/s1. The number of rotatable bonds is 7. The SMILES string of the molecule is C[C@H](c1cccc2c1CCCC2)[C@H](NS(=O)(=O)c1ccc(Cl)cc1[N+](=O)[O-])c1n[nH]c(=O)o1. The van der Waals surface area contributed by atoms with Crippen molar-refractivity contribution in [2.75, 3.05) is 0 Å². The maximum atomic E-state index is 13.3. The Morgan fingerprint density at radius 1 is 1.24 bits per heavy atom. The van der Waals surface area contributed by atoms with Gasteiger partial charge in [-0.05, 0) is 54.5 Å². The summed E-state index contributed by atoms with van der Waals surface area (Å²) in [4.78, 5) is 21.7. The topological polar surface area (TPSA) is 148 Å². The molecule has 2 aromatic carbocycles. The zero-order valence-electron chi connectivity index (χ0n) is 17.6. The summed E-state index contributed by atoms with van der Waals surface area (Å²) in [6.07, 6.45) is 3.88. The lowest BCUT2D eigenvalue weighted by atomic mass is 9.82. The smallest absolute Gasteiger partial charge is 0.391 e. The molecule has 0 unspecified atom stereocenters. The first kappa shape index (κ1) is 23.1. The number of aryl methyl sites for hydroxylation is 1. The fraction of sp³-hybridized carbons (Fsp3) is 0.333. The summed E-state index contributed by atoms with van der Waals surface area (Å²) in [6, 6.07) is 8.06. The van der Waals surface area contributed by atoms with Gasteiger partial charge in [-0.15, -0.1) is 5.10 Å². The number of benzene rings is 2. The minimum absolute atomic E-state index is 0.0276. The summed E-state index contributed by atoms with van der Waals surface area (Å²) in [5.41, 5.74) is 2.57. The maximum absolute atomic E-state index is 13.3. The molecule has 0 radical (unpaired) electrons. The number of fused-ring (bicyclic) bond motifs is 1. The zero-order valence-corrected chi connectivity index (χ0v) is 19.1. The van der Waals surface area contributed by atoms with Crippen molar-refractivity contribution in [1.29, 1.82) is 0 Å². The van der Waals surface area contributed by atoms with E-state index in [1.807, 2.05) is 12.1 Å². The predicted molar refractivity (Wildman–Crippen MR) is 120 cm³/mol. The number of halogens is 1. The van der Waals surface area contributed by atoms with Gasteiger partial charge >= 0.3 is 5.76 Å². The van der Waals surface area contributed by atoms with Crippen molar-refractivity contribution >= 4 is 27.3 Å². The van der Waals surface area contributed by atoms with Gasteiger partial charge in [-0.25, -0.2) is 18.3 Å². The van der Waals surface area contributed by atoms with Crippen LogP contribution in [0.25, 0.3) is 0 Å². The molecule has 4 rings (SSSR count). The number of hydrogen-bond acceptors (Lipinski definition) is 7. The van der Waals surface area contributed by atoms with Crippen LogP contribution in [-0.2, 0) is 22.9 Å². The highest BCUT2D eigenvalue weighted by Gasteiger charge is 2.35. The van der Waals surface area contributed by atoms with Crippen molar-refractivity contribution in [2.45, 2.75) is 49.5 Å². The Labute approximate surface area is 194 Å². The van der Waals surface area contributed by atoms with Crippen molar-refractivity contribution < 1.29 is 17.8 Å². The first-order valence-corrected chi connectivity index (χ1v) is 12.2. The predicted octanol–water partition coefficient (Wildman–Crippen LogP) is 3.63. The summed E-state index contributed by atoms with van der Waals surface area (Å²) < 4.78 is 34.1. The van der Waals surface area contributed by atoms with Gasteiger partial charge in [0.1, 0.15) is 6.04 Å². The van der Waals surface area contributed by atoms with Crippen LogP contribution in [0.2, 0.25) is 5.02 Å². The first-order valence-electron chi connectivity index (χ1n) is 10.3. The van der Waals surface area contributed by atoms with Crippen molar-refractivity contribution in [3.63, 3.8) is 0 Å². The Morgan fingerprint density at radius 2 is 2.00 bits per heavy atom. The second-order valence-electron chi connectivity index (χ2n) is 7.90. The highest BCUT2D eigenvalue weighted by atomic mass is 35.5. The number of aromatic amines is 1. The Bertz CT molecular complexity index is 1370. The summed E-state index contributed by atoms with van der Waals surface area (Å²) in [6.45, 7) is 1.79. The molecule has 3 aromatic rings. The lowest BCUT2D eigenvalue weighted by molar-refractivity contribution is -0.387. The largest absolute Gasteiger partial charge is 0.434 e. The Kier molecular flexibility index (Phi) is 6.37. The minimum Gasteiger partial charge on any atom is -0.391 e. The molecular weight excluding hydrogens is 472 g/mol. The molecule has 1 aliphatic rings. The van der Waals surface area contributed by atoms with Crippen molar-refractivity contribution in [3.05, 3.63) is 84.7 Å². The molecule has 174 valence electrons. The molecule has 2 N–H and O–H groups in total. The first-order chi connectivity index (χ1) is 15.7. The summed E-state index contributed by atoms with van der Waals surface area (Å²) in [7, 11) is -4.43. The van der Waals surface area contributed by atoms with E-state index >= 15 is 0 Å². The van der Waals surface area contributed by atoms with E-state index in [1.54, 1.807) is 6.92 Å². The quantitative estimate of drug-likeness (QED) is 0.378. The Hall–Kier alpha value is -3.02. The van der Waals surface area contributed by atoms with Gasteiger partial charge in [0.15, 0.2) is 4.90 Å². The molecular formula is C21H21ClN4O6S. The van der Waals surface area contributed by atoms with Gasteiger partial charge in [0.05, 0.1) is 4.92 Å². The van der Waals surface area contributed by atoms with E-state index in [0.29, 0.717) is 0 Å². The monoisotopic (exact) mass is 492 g/mol. The third-order valence-electron chi connectivity index (χ3n) is 5.83. The van der Waals surface area contributed by atoms with Crippen LogP contribution in [0.3, 0.4) is 0 Å². The number of sulfonamides is 1. The molecule has 0 saturated heterocycles. The highest BCUT2D eigenvalue weighted by Crippen LogP contribution is 2.37. The Balaban J connectivity index is 1.79. The number of H-pyrrole nitrogens is 1. The number of nitrogens with one attached hydrogen (secondary N) is 2. The molecule has 10 nitrogen and oxygen atoms in total. The molecule has 1 aliphatic carbocycles. The molecule has 2 atom stereocenters. The van der Waals surface area contributed by atoms with E-state index < -0.39 is 43.2 Å². The highest BCUT2D eigenvalue weighted by molar-refractivity contribution is 7.89. The lowest BCUT2D eigenvalue weighted by Crippen LogP contribution is -2.33. The fourth-order valence-corrected chi connectivity index (χ4v) is 5.84. The molecule has 0 aliphatic heterocycles. The van der Waals surface area contributed by atoms with Gasteiger partial charge in [-0.3, -0.25) is 10.1 Å². The van der Waals surface area contributed by atoms with Crippen LogP contribution in [-0.4, -0.2) is 23.5 Å². The van der Waals surface area contributed by atoms with Crippen LogP contribution in [0, 0.1) is 10.1 Å². The minimum atomic E-state index is -4.43. The average Bonchev–Trinajstić information content (AvgIpc) is 3.22. The molecule has 0 spiro atoms. The summed E-state index contributed by atoms with van der Waals surface area (Å²) in [5, 5.41) is 17.5. The molecule has 1 heterocycles. The van der Waals surface area contributed by atoms with Crippen molar-refractivity contribution in [2.24, 2.45) is 0 Å². The molecule has 12 heteroatoms. The molecule has 0 amide bonds. The molecule has 1 aromatic heterocycles. The summed E-state index contributed by atoms with van der Waals surface area (Å²) >= 11 is 5.83. The van der Waals surface area contributed by atoms with Gasteiger partial charge in [0, 0.05) is 17.0 Å². The van der Waals surface area contributed by atoms with E-state index in [4.69, 9.17) is 16.0 Å². The number of nitrogens with zero attached hydrogens (tertiary/aromatic N) is 2. The van der Waals surface area contributed by atoms with Gasteiger partial charge in [-0.2, -0.15) is 4.72 Å². The third kappa shape index (κ3) is 4.70. The second-order valence-corrected chi connectivity index (χ2v) is 10.0. The van der Waals surface area contributed by atoms with Crippen LogP contribution in [0.4, 0.5) is 5.69 Å². The van der Waals surface area contributed by atoms with Crippen LogP contribution in [0.1, 0.15) is 54.3 Å². The van der Waals surface area contributed by atoms with Gasteiger partial charge in [-0.1, -0.05) is 36.7 Å².